The first-order chi connectivity index (χ1) is 17.0. The molecule has 0 bridgehead atoms. The highest BCUT2D eigenvalue weighted by molar-refractivity contribution is 7.23. The molecule has 1 aromatic heterocycles. The SMILES string of the molecule is O=C(c1ccc(OCCN2CCCCC2)cc1)c1c(-c2ccc(O)cc2)sc2cc(O)cc(O)c12. The Balaban J connectivity index is 1.42. The Morgan fingerprint density at radius 1 is 0.886 bits per heavy atom. The molecule has 5 rings (SSSR count). The molecule has 0 saturated carbocycles. The van der Waals surface area contributed by atoms with Gasteiger partial charge in [-0.2, -0.15) is 0 Å². The maximum atomic E-state index is 13.7. The molecular formula is C28H27NO5S. The number of fused-ring (bicyclic) bond motifs is 1. The lowest BCUT2D eigenvalue weighted by Crippen LogP contribution is -2.33. The van der Waals surface area contributed by atoms with Crippen LogP contribution in [-0.4, -0.2) is 52.2 Å². The molecule has 3 aromatic carbocycles. The lowest BCUT2D eigenvalue weighted by atomic mass is 9.97. The highest BCUT2D eigenvalue weighted by Gasteiger charge is 2.24. The van der Waals surface area contributed by atoms with E-state index in [1.807, 2.05) is 0 Å². The Bertz CT molecular complexity index is 1340. The number of rotatable bonds is 7. The number of thiophene rings is 1. The summed E-state index contributed by atoms with van der Waals surface area (Å²) in [5.74, 6) is 0.375. The van der Waals surface area contributed by atoms with Gasteiger partial charge in [-0.1, -0.05) is 6.42 Å². The minimum atomic E-state index is -0.236. The molecule has 1 fully saturated rings. The van der Waals surface area contributed by atoms with E-state index in [-0.39, 0.29) is 23.0 Å². The first-order valence-corrected chi connectivity index (χ1v) is 12.6. The Kier molecular flexibility index (Phi) is 6.61. The van der Waals surface area contributed by atoms with Gasteiger partial charge in [0.25, 0.3) is 0 Å². The van der Waals surface area contributed by atoms with E-state index in [1.54, 1.807) is 54.6 Å². The molecule has 0 amide bonds. The van der Waals surface area contributed by atoms with E-state index >= 15 is 0 Å². The smallest absolute Gasteiger partial charge is 0.195 e. The van der Waals surface area contributed by atoms with Crippen LogP contribution >= 0.6 is 11.3 Å². The maximum Gasteiger partial charge on any atom is 0.195 e. The predicted octanol–water partition coefficient (Wildman–Crippen LogP) is 5.78. The summed E-state index contributed by atoms with van der Waals surface area (Å²) in [4.78, 5) is 16.8. The monoisotopic (exact) mass is 489 g/mol. The van der Waals surface area contributed by atoms with Crippen molar-refractivity contribution in [3.8, 4) is 33.4 Å². The molecule has 180 valence electrons. The van der Waals surface area contributed by atoms with Crippen LogP contribution in [0.1, 0.15) is 35.2 Å². The quantitative estimate of drug-likeness (QED) is 0.285. The molecule has 1 aliphatic rings. The van der Waals surface area contributed by atoms with E-state index in [1.165, 1.54) is 36.7 Å². The highest BCUT2D eigenvalue weighted by Crippen LogP contribution is 2.45. The molecule has 0 radical (unpaired) electrons. The van der Waals surface area contributed by atoms with Crippen LogP contribution in [0, 0.1) is 0 Å². The second-order valence-corrected chi connectivity index (χ2v) is 9.85. The van der Waals surface area contributed by atoms with Gasteiger partial charge in [0.1, 0.15) is 29.6 Å². The van der Waals surface area contributed by atoms with E-state index in [4.69, 9.17) is 4.74 Å². The molecule has 4 aromatic rings. The largest absolute Gasteiger partial charge is 0.508 e. The van der Waals surface area contributed by atoms with Gasteiger partial charge in [0.2, 0.25) is 0 Å². The molecule has 0 atom stereocenters. The summed E-state index contributed by atoms with van der Waals surface area (Å²) in [5.41, 5.74) is 1.58. The number of likely N-dealkylation sites (tertiary alicyclic amines) is 1. The topological polar surface area (TPSA) is 90.2 Å². The summed E-state index contributed by atoms with van der Waals surface area (Å²) in [6.07, 6.45) is 3.80. The van der Waals surface area contributed by atoms with Crippen LogP contribution in [0.15, 0.2) is 60.7 Å². The first kappa shape index (κ1) is 23.2. The lowest BCUT2D eigenvalue weighted by molar-refractivity contribution is 0.104. The molecule has 7 heteroatoms. The number of ether oxygens (including phenoxy) is 1. The van der Waals surface area contributed by atoms with E-state index in [0.717, 1.165) is 25.2 Å². The van der Waals surface area contributed by atoms with Crippen LogP contribution in [0.5, 0.6) is 23.0 Å². The molecule has 2 heterocycles. The third-order valence-corrected chi connectivity index (χ3v) is 7.54. The third-order valence-electron chi connectivity index (χ3n) is 6.35. The second kappa shape index (κ2) is 9.98. The number of benzene rings is 3. The van der Waals surface area contributed by atoms with E-state index in [2.05, 4.69) is 4.90 Å². The van der Waals surface area contributed by atoms with Gasteiger partial charge in [-0.15, -0.1) is 11.3 Å². The average Bonchev–Trinajstić information content (AvgIpc) is 3.25. The number of phenols is 3. The number of hydrogen-bond donors (Lipinski definition) is 3. The standard InChI is InChI=1S/C28H27NO5S/c30-20-8-4-19(5-9-20)28-26(25-23(32)16-21(31)17-24(25)35-28)27(33)18-6-10-22(11-7-18)34-15-14-29-12-2-1-3-13-29/h4-11,16-17,30-32H,1-3,12-15H2. The van der Waals surface area contributed by atoms with E-state index in [0.29, 0.717) is 38.4 Å². The van der Waals surface area contributed by atoms with Crippen LogP contribution in [0.2, 0.25) is 0 Å². The van der Waals surface area contributed by atoms with Gasteiger partial charge >= 0.3 is 0 Å². The summed E-state index contributed by atoms with van der Waals surface area (Å²) in [6, 6.07) is 16.4. The molecule has 1 aliphatic heterocycles. The van der Waals surface area contributed by atoms with Gasteiger partial charge in [0, 0.05) is 33.1 Å². The van der Waals surface area contributed by atoms with Crippen molar-refractivity contribution >= 4 is 27.2 Å². The lowest BCUT2D eigenvalue weighted by Gasteiger charge is -2.26. The van der Waals surface area contributed by atoms with Crippen molar-refractivity contribution in [1.82, 2.24) is 4.90 Å². The van der Waals surface area contributed by atoms with Crippen LogP contribution < -0.4 is 4.74 Å². The fraction of sp³-hybridized carbons (Fsp3) is 0.250. The predicted molar refractivity (Wildman–Crippen MR) is 138 cm³/mol. The zero-order valence-electron chi connectivity index (χ0n) is 19.2. The molecule has 3 N–H and O–H groups in total. The Hall–Kier alpha value is -3.55. The number of ketones is 1. The Morgan fingerprint density at radius 3 is 2.31 bits per heavy atom. The van der Waals surface area contributed by atoms with Crippen molar-refractivity contribution in [2.45, 2.75) is 19.3 Å². The van der Waals surface area contributed by atoms with Crippen molar-refractivity contribution in [3.63, 3.8) is 0 Å². The number of carbonyl (C=O) groups excluding carboxylic acids is 1. The van der Waals surface area contributed by atoms with Crippen LogP contribution in [0.3, 0.4) is 0 Å². The summed E-state index contributed by atoms with van der Waals surface area (Å²) in [5, 5.41) is 30.7. The van der Waals surface area contributed by atoms with Gasteiger partial charge in [-0.05, 0) is 86.1 Å². The second-order valence-electron chi connectivity index (χ2n) is 8.80. The third kappa shape index (κ3) is 4.97. The van der Waals surface area contributed by atoms with Gasteiger partial charge < -0.3 is 20.1 Å². The van der Waals surface area contributed by atoms with Gasteiger partial charge in [-0.25, -0.2) is 0 Å². The number of aromatic hydroxyl groups is 3. The molecule has 0 aliphatic carbocycles. The van der Waals surface area contributed by atoms with Gasteiger partial charge in [-0.3, -0.25) is 9.69 Å². The molecule has 1 saturated heterocycles. The zero-order chi connectivity index (χ0) is 24.4. The van der Waals surface area contributed by atoms with Crippen molar-refractivity contribution in [2.24, 2.45) is 0 Å². The number of phenolic OH excluding ortho intramolecular Hbond substituents is 3. The Labute approximate surface area is 207 Å². The summed E-state index contributed by atoms with van der Waals surface area (Å²) >= 11 is 1.31. The van der Waals surface area contributed by atoms with Gasteiger partial charge in [0.15, 0.2) is 5.78 Å². The van der Waals surface area contributed by atoms with Crippen LogP contribution in [-0.2, 0) is 0 Å². The molecular weight excluding hydrogens is 462 g/mol. The van der Waals surface area contributed by atoms with Crippen molar-refractivity contribution < 1.29 is 24.9 Å². The van der Waals surface area contributed by atoms with Crippen LogP contribution in [0.4, 0.5) is 0 Å². The van der Waals surface area contributed by atoms with E-state index < -0.39 is 0 Å². The minimum absolute atomic E-state index is 0.0708. The fourth-order valence-electron chi connectivity index (χ4n) is 4.55. The first-order valence-electron chi connectivity index (χ1n) is 11.8. The summed E-state index contributed by atoms with van der Waals surface area (Å²) < 4.78 is 6.50. The average molecular weight is 490 g/mol. The van der Waals surface area contributed by atoms with Crippen LogP contribution in [0.25, 0.3) is 20.5 Å². The number of hydrogen-bond acceptors (Lipinski definition) is 7. The fourth-order valence-corrected chi connectivity index (χ4v) is 5.81. The van der Waals surface area contributed by atoms with Crippen molar-refractivity contribution in [3.05, 3.63) is 71.8 Å². The molecule has 0 spiro atoms. The number of piperidine rings is 1. The highest BCUT2D eigenvalue weighted by atomic mass is 32.1. The Morgan fingerprint density at radius 2 is 1.60 bits per heavy atom. The molecule has 35 heavy (non-hydrogen) atoms. The minimum Gasteiger partial charge on any atom is -0.508 e. The molecule has 6 nitrogen and oxygen atoms in total. The molecule has 0 unspecified atom stereocenters. The maximum absolute atomic E-state index is 13.7. The number of carbonyl (C=O) groups is 1. The summed E-state index contributed by atoms with van der Waals surface area (Å²) in [6.45, 7) is 3.74. The van der Waals surface area contributed by atoms with E-state index in [9.17, 15) is 20.1 Å². The van der Waals surface area contributed by atoms with Crippen molar-refractivity contribution in [1.29, 1.82) is 0 Å². The number of nitrogens with zero attached hydrogens (tertiary/aromatic N) is 1. The van der Waals surface area contributed by atoms with Gasteiger partial charge in [0.05, 0.1) is 5.56 Å². The normalized spacial score (nSPS) is 14.3. The zero-order valence-corrected chi connectivity index (χ0v) is 20.1. The van der Waals surface area contributed by atoms with Crippen molar-refractivity contribution in [2.75, 3.05) is 26.2 Å². The summed E-state index contributed by atoms with van der Waals surface area (Å²) in [7, 11) is 0.